The van der Waals surface area contributed by atoms with Crippen LogP contribution in [0, 0.1) is 0 Å². The molecule has 1 aromatic heterocycles. The largest absolute Gasteiger partial charge is 0.374 e. The van der Waals surface area contributed by atoms with Gasteiger partial charge in [-0.05, 0) is 32.6 Å². The van der Waals surface area contributed by atoms with E-state index in [1.54, 1.807) is 0 Å². The molecular formula is C15H26N4O. The van der Waals surface area contributed by atoms with Gasteiger partial charge in [-0.2, -0.15) is 0 Å². The van der Waals surface area contributed by atoms with Crippen LogP contribution in [0.2, 0.25) is 0 Å². The van der Waals surface area contributed by atoms with Crippen molar-refractivity contribution in [2.24, 2.45) is 0 Å². The molecule has 5 heteroatoms. The van der Waals surface area contributed by atoms with Crippen molar-refractivity contribution < 1.29 is 4.74 Å². The monoisotopic (exact) mass is 278 g/mol. The van der Waals surface area contributed by atoms with E-state index in [0.29, 0.717) is 19.3 Å². The van der Waals surface area contributed by atoms with Crippen LogP contribution in [0.4, 0.5) is 11.6 Å². The highest BCUT2D eigenvalue weighted by Crippen LogP contribution is 2.26. The molecule has 0 bridgehead atoms. The fourth-order valence-corrected chi connectivity index (χ4v) is 2.74. The molecule has 112 valence electrons. The normalized spacial score (nSPS) is 19.1. The lowest BCUT2D eigenvalue weighted by molar-refractivity contribution is 0.128. The molecule has 5 nitrogen and oxygen atoms in total. The van der Waals surface area contributed by atoms with Crippen LogP contribution in [-0.4, -0.2) is 36.2 Å². The van der Waals surface area contributed by atoms with E-state index < -0.39 is 0 Å². The molecule has 0 amide bonds. The van der Waals surface area contributed by atoms with Gasteiger partial charge in [0.1, 0.15) is 18.2 Å². The average molecular weight is 278 g/mol. The molecule has 1 aromatic rings. The van der Waals surface area contributed by atoms with Gasteiger partial charge >= 0.3 is 0 Å². The predicted octanol–water partition coefficient (Wildman–Crippen LogP) is 2.82. The zero-order chi connectivity index (χ0) is 14.4. The Morgan fingerprint density at radius 2 is 2.20 bits per heavy atom. The maximum atomic E-state index is 5.44. The molecule has 1 saturated heterocycles. The molecule has 0 aliphatic carbocycles. The van der Waals surface area contributed by atoms with Gasteiger partial charge in [0, 0.05) is 32.3 Å². The minimum atomic E-state index is 0.476. The van der Waals surface area contributed by atoms with Crippen molar-refractivity contribution >= 4 is 11.6 Å². The van der Waals surface area contributed by atoms with E-state index in [9.17, 15) is 0 Å². The number of anilines is 2. The second-order valence-electron chi connectivity index (χ2n) is 5.17. The minimum Gasteiger partial charge on any atom is -0.374 e. The molecule has 0 saturated carbocycles. The number of hydrogen-bond acceptors (Lipinski definition) is 5. The average Bonchev–Trinajstić information content (AvgIpc) is 2.52. The van der Waals surface area contributed by atoms with Crippen LogP contribution < -0.4 is 10.2 Å². The molecule has 1 atom stereocenters. The van der Waals surface area contributed by atoms with Crippen LogP contribution in [0.3, 0.4) is 0 Å². The smallest absolute Gasteiger partial charge is 0.158 e. The van der Waals surface area contributed by atoms with E-state index in [1.165, 1.54) is 25.7 Å². The Bertz CT molecular complexity index is 424. The number of nitrogens with one attached hydrogen (secondary N) is 1. The molecule has 1 fully saturated rings. The number of piperidine rings is 1. The van der Waals surface area contributed by atoms with Crippen molar-refractivity contribution in [1.82, 2.24) is 9.97 Å². The van der Waals surface area contributed by atoms with Crippen molar-refractivity contribution in [3.63, 3.8) is 0 Å². The van der Waals surface area contributed by atoms with Gasteiger partial charge in [0.05, 0.1) is 0 Å². The predicted molar refractivity (Wildman–Crippen MR) is 82.2 cm³/mol. The lowest BCUT2D eigenvalue weighted by Crippen LogP contribution is -2.39. The molecule has 20 heavy (non-hydrogen) atoms. The molecule has 1 aliphatic heterocycles. The van der Waals surface area contributed by atoms with E-state index in [1.807, 2.05) is 20.0 Å². The van der Waals surface area contributed by atoms with Crippen LogP contribution in [-0.2, 0) is 11.3 Å². The standard InChI is InChI=1S/C15H26N4O/c1-4-12-8-6-7-9-19(12)15-10-13(16-3)17-14(18-15)11-20-5-2/h10,12H,4-9,11H2,1-3H3,(H,16,17,18). The summed E-state index contributed by atoms with van der Waals surface area (Å²) in [6.45, 7) is 6.49. The van der Waals surface area contributed by atoms with Crippen LogP contribution >= 0.6 is 0 Å². The summed E-state index contributed by atoms with van der Waals surface area (Å²) in [6, 6.07) is 2.65. The summed E-state index contributed by atoms with van der Waals surface area (Å²) < 4.78 is 5.44. The fraction of sp³-hybridized carbons (Fsp3) is 0.733. The third-order valence-corrected chi connectivity index (χ3v) is 3.84. The number of aromatic nitrogens is 2. The first-order valence-corrected chi connectivity index (χ1v) is 7.68. The Morgan fingerprint density at radius 1 is 1.35 bits per heavy atom. The SMILES string of the molecule is CCOCc1nc(NC)cc(N2CCCCC2CC)n1. The van der Waals surface area contributed by atoms with E-state index in [2.05, 4.69) is 22.1 Å². The second-order valence-corrected chi connectivity index (χ2v) is 5.17. The Balaban J connectivity index is 2.24. The van der Waals surface area contributed by atoms with Crippen LogP contribution in [0.25, 0.3) is 0 Å². The van der Waals surface area contributed by atoms with Gasteiger partial charge in [0.25, 0.3) is 0 Å². The minimum absolute atomic E-state index is 0.476. The molecule has 2 rings (SSSR count). The first-order valence-electron chi connectivity index (χ1n) is 7.68. The Kier molecular flexibility index (Phi) is 5.59. The Labute approximate surface area is 121 Å². The van der Waals surface area contributed by atoms with Gasteiger partial charge < -0.3 is 15.0 Å². The maximum Gasteiger partial charge on any atom is 0.158 e. The molecule has 1 N–H and O–H groups in total. The summed E-state index contributed by atoms with van der Waals surface area (Å²) in [5.41, 5.74) is 0. The summed E-state index contributed by atoms with van der Waals surface area (Å²) >= 11 is 0. The molecule has 0 radical (unpaired) electrons. The highest BCUT2D eigenvalue weighted by atomic mass is 16.5. The fourth-order valence-electron chi connectivity index (χ4n) is 2.74. The van der Waals surface area contributed by atoms with Crippen molar-refractivity contribution in [3.8, 4) is 0 Å². The molecule has 1 aliphatic rings. The quantitative estimate of drug-likeness (QED) is 0.867. The Morgan fingerprint density at radius 3 is 2.90 bits per heavy atom. The van der Waals surface area contributed by atoms with Gasteiger partial charge in [-0.15, -0.1) is 0 Å². The van der Waals surface area contributed by atoms with E-state index in [0.717, 1.165) is 24.0 Å². The lowest BCUT2D eigenvalue weighted by atomic mass is 10.00. The van der Waals surface area contributed by atoms with Gasteiger partial charge in [-0.25, -0.2) is 9.97 Å². The number of hydrogen-bond donors (Lipinski definition) is 1. The number of ether oxygens (including phenoxy) is 1. The highest BCUT2D eigenvalue weighted by molar-refractivity contribution is 5.50. The summed E-state index contributed by atoms with van der Waals surface area (Å²) in [5.74, 6) is 2.66. The van der Waals surface area contributed by atoms with E-state index in [4.69, 9.17) is 9.72 Å². The summed E-state index contributed by atoms with van der Waals surface area (Å²) in [5, 5.41) is 3.12. The summed E-state index contributed by atoms with van der Waals surface area (Å²) in [7, 11) is 1.89. The van der Waals surface area contributed by atoms with Crippen molar-refractivity contribution in [2.45, 2.75) is 52.2 Å². The van der Waals surface area contributed by atoms with Gasteiger partial charge in [0.2, 0.25) is 0 Å². The van der Waals surface area contributed by atoms with Gasteiger partial charge in [-0.3, -0.25) is 0 Å². The number of nitrogens with zero attached hydrogens (tertiary/aromatic N) is 3. The first kappa shape index (κ1) is 15.0. The van der Waals surface area contributed by atoms with Gasteiger partial charge in [0.15, 0.2) is 5.82 Å². The van der Waals surface area contributed by atoms with Gasteiger partial charge in [-0.1, -0.05) is 6.92 Å². The molecule has 0 aromatic carbocycles. The highest BCUT2D eigenvalue weighted by Gasteiger charge is 2.23. The lowest BCUT2D eigenvalue weighted by Gasteiger charge is -2.36. The summed E-state index contributed by atoms with van der Waals surface area (Å²) in [4.78, 5) is 11.6. The van der Waals surface area contributed by atoms with Crippen LogP contribution in [0.5, 0.6) is 0 Å². The Hall–Kier alpha value is -1.36. The zero-order valence-corrected chi connectivity index (χ0v) is 12.9. The van der Waals surface area contributed by atoms with Crippen molar-refractivity contribution in [2.75, 3.05) is 30.4 Å². The first-order chi connectivity index (χ1) is 9.78. The van der Waals surface area contributed by atoms with E-state index in [-0.39, 0.29) is 0 Å². The summed E-state index contributed by atoms with van der Waals surface area (Å²) in [6.07, 6.45) is 5.00. The van der Waals surface area contributed by atoms with Crippen LogP contribution in [0.1, 0.15) is 45.4 Å². The second kappa shape index (κ2) is 7.43. The third-order valence-electron chi connectivity index (χ3n) is 3.84. The molecular weight excluding hydrogens is 252 g/mol. The van der Waals surface area contributed by atoms with Crippen molar-refractivity contribution in [1.29, 1.82) is 0 Å². The third kappa shape index (κ3) is 3.60. The molecule has 1 unspecified atom stereocenters. The molecule has 2 heterocycles. The molecule has 0 spiro atoms. The zero-order valence-electron chi connectivity index (χ0n) is 12.9. The topological polar surface area (TPSA) is 50.3 Å². The van der Waals surface area contributed by atoms with E-state index >= 15 is 0 Å². The maximum absolute atomic E-state index is 5.44. The number of rotatable bonds is 6. The van der Waals surface area contributed by atoms with Crippen LogP contribution in [0.15, 0.2) is 6.07 Å². The van der Waals surface area contributed by atoms with Crippen molar-refractivity contribution in [3.05, 3.63) is 11.9 Å².